The summed E-state index contributed by atoms with van der Waals surface area (Å²) in [6.07, 6.45) is 0.800. The van der Waals surface area contributed by atoms with Gasteiger partial charge < -0.3 is 26.4 Å². The molecular weight excluding hydrogens is 316 g/mol. The van der Waals surface area contributed by atoms with Crippen LogP contribution in [0.25, 0.3) is 0 Å². The van der Waals surface area contributed by atoms with E-state index in [0.717, 1.165) is 5.56 Å². The number of Topliss-reactive ketones (excluding diaryl/α,β-unsaturated/α-hetero) is 1. The van der Waals surface area contributed by atoms with Crippen LogP contribution in [0.15, 0.2) is 47.4 Å². The number of hydrogen-bond donors (Lipinski definition) is 5. The van der Waals surface area contributed by atoms with Gasteiger partial charge in [-0.05, 0) is 24.1 Å². The average molecular weight is 332 g/mol. The molecule has 24 heavy (non-hydrogen) atoms. The quantitative estimate of drug-likeness (QED) is 0.468. The molecule has 0 spiro atoms. The molecular formula is C16H16N2O6. The molecule has 8 heteroatoms. The van der Waals surface area contributed by atoms with Gasteiger partial charge in [0.05, 0.1) is 18.2 Å². The van der Waals surface area contributed by atoms with Crippen LogP contribution in [0, 0.1) is 0 Å². The molecule has 1 aromatic carbocycles. The molecule has 0 heterocycles. The van der Waals surface area contributed by atoms with E-state index in [0.29, 0.717) is 6.08 Å². The van der Waals surface area contributed by atoms with Crippen molar-refractivity contribution in [1.29, 1.82) is 0 Å². The fraction of sp³-hybridized carbons (Fsp3) is 0.188. The number of rotatable bonds is 5. The third-order valence-electron chi connectivity index (χ3n) is 3.46. The summed E-state index contributed by atoms with van der Waals surface area (Å²) >= 11 is 0. The highest BCUT2D eigenvalue weighted by molar-refractivity contribution is 6.21. The molecule has 0 bridgehead atoms. The second-order valence-electron chi connectivity index (χ2n) is 5.24. The van der Waals surface area contributed by atoms with Gasteiger partial charge in [-0.3, -0.25) is 14.4 Å². The zero-order valence-electron chi connectivity index (χ0n) is 12.5. The number of ketones is 2. The maximum Gasteiger partial charge on any atom is 0.237 e. The number of aliphatic hydroxyl groups excluding tert-OH is 2. The average Bonchev–Trinajstić information content (AvgIpc) is 2.55. The Hall–Kier alpha value is -3.13. The molecule has 1 aliphatic rings. The lowest BCUT2D eigenvalue weighted by Crippen LogP contribution is -2.43. The van der Waals surface area contributed by atoms with Crippen molar-refractivity contribution in [2.24, 2.45) is 5.73 Å². The molecule has 0 aliphatic heterocycles. The summed E-state index contributed by atoms with van der Waals surface area (Å²) in [4.78, 5) is 35.0. The lowest BCUT2D eigenvalue weighted by atomic mass is 9.99. The minimum absolute atomic E-state index is 0.0903. The van der Waals surface area contributed by atoms with Crippen LogP contribution >= 0.6 is 0 Å². The van der Waals surface area contributed by atoms with Gasteiger partial charge in [0, 0.05) is 6.08 Å². The molecule has 8 nitrogen and oxygen atoms in total. The number of carbonyl (C=O) groups excluding carboxylic acids is 3. The smallest absolute Gasteiger partial charge is 0.237 e. The van der Waals surface area contributed by atoms with Gasteiger partial charge in [-0.2, -0.15) is 0 Å². The first-order valence-electron chi connectivity index (χ1n) is 7.02. The second kappa shape index (κ2) is 6.97. The van der Waals surface area contributed by atoms with Gasteiger partial charge in [-0.1, -0.05) is 12.1 Å². The van der Waals surface area contributed by atoms with E-state index < -0.39 is 47.2 Å². The zero-order chi connectivity index (χ0) is 17.9. The number of nitrogens with two attached hydrogens (primary N) is 1. The SMILES string of the molecule is N[C@@H](Cc1ccc(O)cc1)C(=O)NCC1=C(O)C(=O)C=C(O)C1=O. The maximum absolute atomic E-state index is 12.0. The predicted octanol–water partition coefficient (Wildman–Crippen LogP) is -0.216. The van der Waals surface area contributed by atoms with Crippen molar-refractivity contribution in [3.8, 4) is 5.75 Å². The number of amides is 1. The number of phenolic OH excluding ortho intramolecular Hbond substituents is 1. The Morgan fingerprint density at radius 1 is 1.12 bits per heavy atom. The highest BCUT2D eigenvalue weighted by Crippen LogP contribution is 2.15. The van der Waals surface area contributed by atoms with E-state index in [1.807, 2.05) is 0 Å². The van der Waals surface area contributed by atoms with Crippen LogP contribution in [0.1, 0.15) is 5.56 Å². The number of nitrogens with one attached hydrogen (secondary N) is 1. The summed E-state index contributed by atoms with van der Waals surface area (Å²) in [6.45, 7) is -0.434. The number of carbonyl (C=O) groups is 3. The molecule has 6 N–H and O–H groups in total. The standard InChI is InChI=1S/C16H16N2O6/c17-11(5-8-1-3-9(19)4-2-8)16(24)18-7-10-14(22)12(20)6-13(21)15(10)23/h1-4,6,11,19-20,23H,5,7,17H2,(H,18,24)/t11-/m0/s1. The molecule has 0 unspecified atom stereocenters. The van der Waals surface area contributed by atoms with Crippen molar-refractivity contribution in [2.45, 2.75) is 12.5 Å². The van der Waals surface area contributed by atoms with E-state index in [1.54, 1.807) is 12.1 Å². The third kappa shape index (κ3) is 3.79. The normalized spacial score (nSPS) is 16.0. The van der Waals surface area contributed by atoms with E-state index in [1.165, 1.54) is 12.1 Å². The molecule has 1 atom stereocenters. The largest absolute Gasteiger partial charge is 0.508 e. The number of hydrogen-bond acceptors (Lipinski definition) is 7. The molecule has 0 aromatic heterocycles. The van der Waals surface area contributed by atoms with Gasteiger partial charge in [-0.25, -0.2) is 0 Å². The predicted molar refractivity (Wildman–Crippen MR) is 83.2 cm³/mol. The van der Waals surface area contributed by atoms with Gasteiger partial charge in [0.25, 0.3) is 0 Å². The molecule has 1 amide bonds. The summed E-state index contributed by atoms with van der Waals surface area (Å²) < 4.78 is 0. The van der Waals surface area contributed by atoms with Crippen LogP contribution in [0.2, 0.25) is 0 Å². The topological polar surface area (TPSA) is 150 Å². The third-order valence-corrected chi connectivity index (χ3v) is 3.46. The van der Waals surface area contributed by atoms with E-state index in [2.05, 4.69) is 5.32 Å². The monoisotopic (exact) mass is 332 g/mol. The Morgan fingerprint density at radius 2 is 1.75 bits per heavy atom. The molecule has 0 saturated carbocycles. The number of aliphatic hydroxyl groups is 2. The zero-order valence-corrected chi connectivity index (χ0v) is 12.5. The van der Waals surface area contributed by atoms with Crippen molar-refractivity contribution in [2.75, 3.05) is 6.54 Å². The molecule has 0 saturated heterocycles. The Labute approximate surface area is 136 Å². The first-order valence-corrected chi connectivity index (χ1v) is 7.02. The maximum atomic E-state index is 12.0. The summed E-state index contributed by atoms with van der Waals surface area (Å²) in [5.74, 6) is -3.96. The molecule has 2 rings (SSSR count). The minimum Gasteiger partial charge on any atom is -0.508 e. The van der Waals surface area contributed by atoms with Gasteiger partial charge in [0.2, 0.25) is 17.5 Å². The van der Waals surface area contributed by atoms with Crippen LogP contribution < -0.4 is 11.1 Å². The Bertz CT molecular complexity index is 748. The number of benzene rings is 1. The van der Waals surface area contributed by atoms with Crippen LogP contribution in [-0.2, 0) is 20.8 Å². The minimum atomic E-state index is -0.934. The fourth-order valence-electron chi connectivity index (χ4n) is 2.12. The summed E-state index contributed by atoms with van der Waals surface area (Å²) in [5.41, 5.74) is 6.09. The number of allylic oxidation sites excluding steroid dienone is 2. The Balaban J connectivity index is 1.97. The first-order chi connectivity index (χ1) is 11.3. The summed E-state index contributed by atoms with van der Waals surface area (Å²) in [5, 5.41) is 30.4. The van der Waals surface area contributed by atoms with E-state index >= 15 is 0 Å². The van der Waals surface area contributed by atoms with E-state index in [-0.39, 0.29) is 12.2 Å². The van der Waals surface area contributed by atoms with Crippen molar-refractivity contribution in [3.63, 3.8) is 0 Å². The lowest BCUT2D eigenvalue weighted by molar-refractivity contribution is -0.122. The molecule has 1 aliphatic carbocycles. The van der Waals surface area contributed by atoms with Crippen LogP contribution in [0.3, 0.4) is 0 Å². The van der Waals surface area contributed by atoms with Gasteiger partial charge in [0.15, 0.2) is 11.5 Å². The van der Waals surface area contributed by atoms with E-state index in [9.17, 15) is 29.7 Å². The molecule has 0 fully saturated rings. The summed E-state index contributed by atoms with van der Waals surface area (Å²) in [6, 6.07) is 5.22. The van der Waals surface area contributed by atoms with Crippen LogP contribution in [0.4, 0.5) is 0 Å². The van der Waals surface area contributed by atoms with Crippen molar-refractivity contribution in [3.05, 3.63) is 53.0 Å². The Morgan fingerprint density at radius 3 is 2.38 bits per heavy atom. The molecule has 126 valence electrons. The highest BCUT2D eigenvalue weighted by atomic mass is 16.3. The van der Waals surface area contributed by atoms with Crippen molar-refractivity contribution in [1.82, 2.24) is 5.32 Å². The van der Waals surface area contributed by atoms with Gasteiger partial charge in [-0.15, -0.1) is 0 Å². The lowest BCUT2D eigenvalue weighted by Gasteiger charge is -2.15. The number of phenols is 1. The van der Waals surface area contributed by atoms with E-state index in [4.69, 9.17) is 5.73 Å². The Kier molecular flexibility index (Phi) is 5.00. The van der Waals surface area contributed by atoms with Crippen LogP contribution in [0.5, 0.6) is 5.75 Å². The van der Waals surface area contributed by atoms with Gasteiger partial charge in [0.1, 0.15) is 5.75 Å². The van der Waals surface area contributed by atoms with Gasteiger partial charge >= 0.3 is 0 Å². The summed E-state index contributed by atoms with van der Waals surface area (Å²) in [7, 11) is 0. The van der Waals surface area contributed by atoms with Crippen molar-refractivity contribution < 1.29 is 29.7 Å². The highest BCUT2D eigenvalue weighted by Gasteiger charge is 2.28. The molecule has 0 radical (unpaired) electrons. The number of aromatic hydroxyl groups is 1. The molecule has 1 aromatic rings. The van der Waals surface area contributed by atoms with Crippen LogP contribution in [-0.4, -0.2) is 45.4 Å². The fourth-order valence-corrected chi connectivity index (χ4v) is 2.12. The van der Waals surface area contributed by atoms with Crippen molar-refractivity contribution >= 4 is 17.5 Å². The second-order valence-corrected chi connectivity index (χ2v) is 5.24. The first kappa shape index (κ1) is 17.2.